The lowest BCUT2D eigenvalue weighted by Gasteiger charge is -2.37. The zero-order valence-corrected chi connectivity index (χ0v) is 12.6. The van der Waals surface area contributed by atoms with Crippen LogP contribution in [0.5, 0.6) is 0 Å². The van der Waals surface area contributed by atoms with E-state index >= 15 is 0 Å². The van der Waals surface area contributed by atoms with Crippen LogP contribution in [-0.4, -0.2) is 41.0 Å². The van der Waals surface area contributed by atoms with Crippen LogP contribution in [-0.2, 0) is 6.54 Å². The maximum Gasteiger partial charge on any atom is 0.124 e. The van der Waals surface area contributed by atoms with Crippen molar-refractivity contribution in [1.82, 2.24) is 14.8 Å². The molecule has 2 aromatic rings. The van der Waals surface area contributed by atoms with Crippen LogP contribution >= 0.6 is 0 Å². The van der Waals surface area contributed by atoms with Crippen molar-refractivity contribution < 1.29 is 0 Å². The average Bonchev–Trinajstić information content (AvgIpc) is 2.59. The van der Waals surface area contributed by atoms with Crippen molar-refractivity contribution in [3.05, 3.63) is 66.0 Å². The number of pyridine rings is 1. The van der Waals surface area contributed by atoms with Crippen molar-refractivity contribution in [2.24, 2.45) is 0 Å². The zero-order valence-electron chi connectivity index (χ0n) is 12.6. The first kappa shape index (κ1) is 14.7. The molecule has 1 aliphatic heterocycles. The van der Waals surface area contributed by atoms with Gasteiger partial charge < -0.3 is 0 Å². The Morgan fingerprint density at radius 2 is 1.68 bits per heavy atom. The van der Waals surface area contributed by atoms with E-state index in [1.807, 2.05) is 18.2 Å². The van der Waals surface area contributed by atoms with Crippen molar-refractivity contribution in [2.45, 2.75) is 12.6 Å². The molecular weight excluding hydrogens is 272 g/mol. The minimum atomic E-state index is -0.165. The highest BCUT2D eigenvalue weighted by atomic mass is 15.3. The van der Waals surface area contributed by atoms with Crippen LogP contribution in [0.15, 0.2) is 54.9 Å². The van der Waals surface area contributed by atoms with Crippen LogP contribution in [0, 0.1) is 11.3 Å². The van der Waals surface area contributed by atoms with E-state index < -0.39 is 0 Å². The first-order valence-electron chi connectivity index (χ1n) is 7.66. The molecule has 1 unspecified atom stereocenters. The third-order valence-corrected chi connectivity index (χ3v) is 4.17. The van der Waals surface area contributed by atoms with Crippen molar-refractivity contribution in [3.8, 4) is 6.07 Å². The van der Waals surface area contributed by atoms with Gasteiger partial charge in [-0.05, 0) is 23.3 Å². The second-order valence-electron chi connectivity index (χ2n) is 5.61. The van der Waals surface area contributed by atoms with Gasteiger partial charge in [0.2, 0.25) is 0 Å². The Hall–Kier alpha value is -2.22. The SMILES string of the molecule is N#CC(c1ccncc1)N1CCN(Cc2ccccc2)CC1. The largest absolute Gasteiger partial charge is 0.297 e. The summed E-state index contributed by atoms with van der Waals surface area (Å²) < 4.78 is 0. The van der Waals surface area contributed by atoms with Gasteiger partial charge in [-0.25, -0.2) is 0 Å². The Morgan fingerprint density at radius 1 is 1.00 bits per heavy atom. The maximum absolute atomic E-state index is 9.51. The number of benzene rings is 1. The van der Waals surface area contributed by atoms with Crippen LogP contribution in [0.3, 0.4) is 0 Å². The molecule has 0 aliphatic carbocycles. The van der Waals surface area contributed by atoms with E-state index in [0.717, 1.165) is 38.3 Å². The predicted octanol–water partition coefficient (Wildman–Crippen LogP) is 2.46. The molecule has 0 saturated carbocycles. The average molecular weight is 292 g/mol. The first-order chi connectivity index (χ1) is 10.9. The Bertz CT molecular complexity index is 613. The summed E-state index contributed by atoms with van der Waals surface area (Å²) in [6.07, 6.45) is 3.51. The lowest BCUT2D eigenvalue weighted by atomic mass is 10.1. The van der Waals surface area contributed by atoms with Gasteiger partial charge in [0.1, 0.15) is 6.04 Å². The van der Waals surface area contributed by atoms with Crippen LogP contribution < -0.4 is 0 Å². The van der Waals surface area contributed by atoms with E-state index in [1.165, 1.54) is 5.56 Å². The van der Waals surface area contributed by atoms with Crippen molar-refractivity contribution in [2.75, 3.05) is 26.2 Å². The second-order valence-corrected chi connectivity index (χ2v) is 5.61. The number of aromatic nitrogens is 1. The van der Waals surface area contributed by atoms with Gasteiger partial charge in [0.05, 0.1) is 6.07 Å². The summed E-state index contributed by atoms with van der Waals surface area (Å²) >= 11 is 0. The third kappa shape index (κ3) is 3.51. The summed E-state index contributed by atoms with van der Waals surface area (Å²) in [6, 6.07) is 16.7. The number of piperazine rings is 1. The first-order valence-corrected chi connectivity index (χ1v) is 7.66. The lowest BCUT2D eigenvalue weighted by molar-refractivity contribution is 0.109. The molecule has 1 atom stereocenters. The number of nitrogens with zero attached hydrogens (tertiary/aromatic N) is 4. The molecule has 1 aromatic carbocycles. The molecular formula is C18H20N4. The topological polar surface area (TPSA) is 43.2 Å². The van der Waals surface area contributed by atoms with Gasteiger partial charge in [0.25, 0.3) is 0 Å². The van der Waals surface area contributed by atoms with Crippen LogP contribution in [0.4, 0.5) is 0 Å². The molecule has 3 rings (SSSR count). The fraction of sp³-hybridized carbons (Fsp3) is 0.333. The van der Waals surface area contributed by atoms with E-state index in [2.05, 4.69) is 45.1 Å². The van der Waals surface area contributed by atoms with Crippen molar-refractivity contribution in [1.29, 1.82) is 5.26 Å². The van der Waals surface area contributed by atoms with Crippen molar-refractivity contribution >= 4 is 0 Å². The van der Waals surface area contributed by atoms with Gasteiger partial charge in [-0.1, -0.05) is 30.3 Å². The van der Waals surface area contributed by atoms with Crippen LogP contribution in [0.1, 0.15) is 17.2 Å². The highest BCUT2D eigenvalue weighted by Crippen LogP contribution is 2.21. The van der Waals surface area contributed by atoms with Crippen molar-refractivity contribution in [3.63, 3.8) is 0 Å². The predicted molar refractivity (Wildman–Crippen MR) is 85.9 cm³/mol. The van der Waals surface area contributed by atoms with E-state index in [0.29, 0.717) is 0 Å². The molecule has 4 heteroatoms. The fourth-order valence-electron chi connectivity index (χ4n) is 2.93. The molecule has 1 aromatic heterocycles. The Labute approximate surface area is 131 Å². The highest BCUT2D eigenvalue weighted by molar-refractivity contribution is 5.21. The van der Waals surface area contributed by atoms with E-state index in [4.69, 9.17) is 0 Å². The van der Waals surface area contributed by atoms with Gasteiger partial charge in [0, 0.05) is 45.1 Å². The lowest BCUT2D eigenvalue weighted by Crippen LogP contribution is -2.46. The van der Waals surface area contributed by atoms with E-state index in [-0.39, 0.29) is 6.04 Å². The highest BCUT2D eigenvalue weighted by Gasteiger charge is 2.24. The molecule has 112 valence electrons. The van der Waals surface area contributed by atoms with Gasteiger partial charge in [-0.2, -0.15) is 5.26 Å². The van der Waals surface area contributed by atoms with Crippen LogP contribution in [0.2, 0.25) is 0 Å². The van der Waals surface area contributed by atoms with Gasteiger partial charge in [0.15, 0.2) is 0 Å². The second kappa shape index (κ2) is 7.17. The van der Waals surface area contributed by atoms with E-state index in [9.17, 15) is 5.26 Å². The summed E-state index contributed by atoms with van der Waals surface area (Å²) in [5, 5.41) is 9.51. The monoisotopic (exact) mass is 292 g/mol. The summed E-state index contributed by atoms with van der Waals surface area (Å²) in [6.45, 7) is 4.83. The maximum atomic E-state index is 9.51. The molecule has 0 spiro atoms. The quantitative estimate of drug-likeness (QED) is 0.868. The zero-order chi connectivity index (χ0) is 15.2. The Kier molecular flexibility index (Phi) is 4.79. The number of nitriles is 1. The van der Waals surface area contributed by atoms with E-state index in [1.54, 1.807) is 12.4 Å². The minimum Gasteiger partial charge on any atom is -0.297 e. The Morgan fingerprint density at radius 3 is 2.32 bits per heavy atom. The summed E-state index contributed by atoms with van der Waals surface area (Å²) in [7, 11) is 0. The molecule has 0 amide bonds. The van der Waals surface area contributed by atoms with Gasteiger partial charge in [-0.15, -0.1) is 0 Å². The third-order valence-electron chi connectivity index (χ3n) is 4.17. The normalized spacial score (nSPS) is 17.8. The molecule has 1 aliphatic rings. The smallest absolute Gasteiger partial charge is 0.124 e. The van der Waals surface area contributed by atoms with Crippen LogP contribution in [0.25, 0.3) is 0 Å². The minimum absolute atomic E-state index is 0.165. The number of rotatable bonds is 4. The molecule has 0 bridgehead atoms. The Balaban J connectivity index is 1.58. The molecule has 1 fully saturated rings. The molecule has 22 heavy (non-hydrogen) atoms. The summed E-state index contributed by atoms with van der Waals surface area (Å²) in [4.78, 5) is 8.74. The standard InChI is InChI=1S/C18H20N4/c19-14-18(17-6-8-20-9-7-17)22-12-10-21(11-13-22)15-16-4-2-1-3-5-16/h1-9,18H,10-13,15H2. The molecule has 2 heterocycles. The van der Waals surface area contributed by atoms with Gasteiger partial charge in [-0.3, -0.25) is 14.8 Å². The van der Waals surface area contributed by atoms with Gasteiger partial charge >= 0.3 is 0 Å². The number of hydrogen-bond acceptors (Lipinski definition) is 4. The molecule has 0 radical (unpaired) electrons. The summed E-state index contributed by atoms with van der Waals surface area (Å²) in [5.41, 5.74) is 2.39. The molecule has 4 nitrogen and oxygen atoms in total. The summed E-state index contributed by atoms with van der Waals surface area (Å²) in [5.74, 6) is 0. The molecule has 1 saturated heterocycles. The molecule has 0 N–H and O–H groups in total. The number of hydrogen-bond donors (Lipinski definition) is 0. The fourth-order valence-corrected chi connectivity index (χ4v) is 2.93.